The van der Waals surface area contributed by atoms with Gasteiger partial charge in [-0.15, -0.1) is 0 Å². The number of aliphatic hydroxyl groups is 3. The number of aliphatic hydroxyl groups excluding tert-OH is 3. The molecule has 1 fully saturated rings. The van der Waals surface area contributed by atoms with Crippen LogP contribution in [0.4, 0.5) is 5.82 Å². The Balaban J connectivity index is 2.52. The third kappa shape index (κ3) is 2.31. The van der Waals surface area contributed by atoms with Crippen LogP contribution in [0.5, 0.6) is 0 Å². The lowest BCUT2D eigenvalue weighted by Crippen LogP contribution is -2.52. The molecule has 0 amide bonds. The molecule has 0 saturated carbocycles. The zero-order valence-electron chi connectivity index (χ0n) is 10.4. The Morgan fingerprint density at radius 1 is 1.48 bits per heavy atom. The van der Waals surface area contributed by atoms with E-state index in [2.05, 4.69) is 4.98 Å². The van der Waals surface area contributed by atoms with Crippen LogP contribution in [-0.2, 0) is 14.9 Å². The first kappa shape index (κ1) is 15.8. The van der Waals surface area contributed by atoms with Crippen molar-refractivity contribution in [3.63, 3.8) is 0 Å². The summed E-state index contributed by atoms with van der Waals surface area (Å²) in [5, 5.41) is 28.8. The van der Waals surface area contributed by atoms with E-state index in [9.17, 15) is 23.4 Å². The molecular weight excluding hydrogens is 310 g/mol. The van der Waals surface area contributed by atoms with E-state index in [0.29, 0.717) is 4.57 Å². The second kappa shape index (κ2) is 5.01. The normalized spacial score (nSPS) is 33.2. The van der Waals surface area contributed by atoms with Crippen LogP contribution in [-0.4, -0.2) is 61.6 Å². The summed E-state index contributed by atoms with van der Waals surface area (Å²) in [6.45, 7) is -1.34. The summed E-state index contributed by atoms with van der Waals surface area (Å²) in [6, 6.07) is 1.18. The topological polar surface area (TPSA) is 185 Å². The summed E-state index contributed by atoms with van der Waals surface area (Å²) in [5.74, 6) is -0.118. The molecule has 0 bridgehead atoms. The third-order valence-electron chi connectivity index (χ3n) is 3.17. The summed E-state index contributed by atoms with van der Waals surface area (Å²) in [7, 11) is -5.10. The molecule has 0 spiro atoms. The zero-order valence-corrected chi connectivity index (χ0v) is 11.2. The zero-order chi connectivity index (χ0) is 16.0. The first-order valence-corrected chi connectivity index (χ1v) is 7.04. The number of nitrogens with zero attached hydrogens (tertiary/aromatic N) is 2. The number of anilines is 1. The van der Waals surface area contributed by atoms with Crippen molar-refractivity contribution in [2.75, 3.05) is 12.3 Å². The van der Waals surface area contributed by atoms with Crippen molar-refractivity contribution in [1.29, 1.82) is 0 Å². The Labute approximate surface area is 118 Å². The van der Waals surface area contributed by atoms with Crippen LogP contribution in [0.1, 0.15) is 6.23 Å². The molecule has 0 aromatic carbocycles. The molecule has 6 N–H and O–H groups in total. The minimum Gasteiger partial charge on any atom is -0.392 e. The van der Waals surface area contributed by atoms with E-state index in [4.69, 9.17) is 20.1 Å². The molecule has 4 atom stereocenters. The van der Waals surface area contributed by atoms with Crippen LogP contribution in [0, 0.1) is 0 Å². The second-order valence-electron chi connectivity index (χ2n) is 4.43. The number of aromatic nitrogens is 2. The fourth-order valence-corrected chi connectivity index (χ4v) is 2.85. The molecule has 1 aromatic heterocycles. The molecule has 1 aromatic rings. The van der Waals surface area contributed by atoms with E-state index in [0.717, 1.165) is 6.20 Å². The fraction of sp³-hybridized carbons (Fsp3) is 0.556. The minimum absolute atomic E-state index is 0.118. The van der Waals surface area contributed by atoms with Gasteiger partial charge >= 0.3 is 5.69 Å². The van der Waals surface area contributed by atoms with Gasteiger partial charge in [0.05, 0.1) is 6.61 Å². The van der Waals surface area contributed by atoms with Gasteiger partial charge in [-0.3, -0.25) is 9.12 Å². The van der Waals surface area contributed by atoms with Gasteiger partial charge in [0.15, 0.2) is 6.23 Å². The Morgan fingerprint density at radius 3 is 2.52 bits per heavy atom. The summed E-state index contributed by atoms with van der Waals surface area (Å²) in [5.41, 5.74) is 4.31. The van der Waals surface area contributed by atoms with E-state index in [1.54, 1.807) is 0 Å². The van der Waals surface area contributed by atoms with Gasteiger partial charge < -0.3 is 25.8 Å². The van der Waals surface area contributed by atoms with Gasteiger partial charge in [0.25, 0.3) is 10.1 Å². The van der Waals surface area contributed by atoms with E-state index < -0.39 is 45.8 Å². The van der Waals surface area contributed by atoms with Gasteiger partial charge in [0, 0.05) is 6.20 Å². The number of ether oxygens (including phenoxy) is 1. The van der Waals surface area contributed by atoms with Crippen LogP contribution >= 0.6 is 0 Å². The molecule has 1 aliphatic heterocycles. The van der Waals surface area contributed by atoms with Crippen LogP contribution in [0.2, 0.25) is 0 Å². The van der Waals surface area contributed by atoms with Crippen molar-refractivity contribution in [1.82, 2.24) is 9.55 Å². The van der Waals surface area contributed by atoms with Crippen LogP contribution in [0.15, 0.2) is 17.1 Å². The first-order chi connectivity index (χ1) is 9.64. The average Bonchev–Trinajstić information content (AvgIpc) is 2.63. The number of rotatable bonds is 3. The lowest BCUT2D eigenvalue weighted by Gasteiger charge is -2.25. The predicted octanol–water partition coefficient (Wildman–Crippen LogP) is -3.35. The van der Waals surface area contributed by atoms with E-state index in [-0.39, 0.29) is 5.82 Å². The fourth-order valence-electron chi connectivity index (χ4n) is 2.03. The molecule has 0 aliphatic carbocycles. The molecule has 1 aliphatic rings. The molecule has 1 saturated heterocycles. The number of hydrogen-bond acceptors (Lipinski definition) is 9. The van der Waals surface area contributed by atoms with Crippen LogP contribution in [0.25, 0.3) is 0 Å². The van der Waals surface area contributed by atoms with Gasteiger partial charge in [-0.25, -0.2) is 4.79 Å². The highest BCUT2D eigenvalue weighted by molar-refractivity contribution is 7.87. The Bertz CT molecular complexity index is 703. The lowest BCUT2D eigenvalue weighted by molar-refractivity contribution is -0.0825. The third-order valence-corrected chi connectivity index (χ3v) is 4.51. The lowest BCUT2D eigenvalue weighted by atomic mass is 10.1. The van der Waals surface area contributed by atoms with Gasteiger partial charge in [-0.05, 0) is 6.07 Å². The summed E-state index contributed by atoms with van der Waals surface area (Å²) in [4.78, 5) is 12.1. The quantitative estimate of drug-likeness (QED) is 0.352. The van der Waals surface area contributed by atoms with Gasteiger partial charge in [0.1, 0.15) is 18.0 Å². The van der Waals surface area contributed by atoms with Crippen molar-refractivity contribution in [3.05, 3.63) is 22.7 Å². The second-order valence-corrected chi connectivity index (χ2v) is 6.07. The molecule has 21 heavy (non-hydrogen) atoms. The Hall–Kier alpha value is -1.57. The monoisotopic (exact) mass is 323 g/mol. The maximum absolute atomic E-state index is 11.7. The summed E-state index contributed by atoms with van der Waals surface area (Å²) in [6.07, 6.45) is -4.73. The number of nitrogen functional groups attached to an aromatic ring is 1. The Kier molecular flexibility index (Phi) is 3.77. The van der Waals surface area contributed by atoms with E-state index >= 15 is 0 Å². The van der Waals surface area contributed by atoms with Crippen LogP contribution < -0.4 is 11.4 Å². The molecule has 0 radical (unpaired) electrons. The molecule has 2 rings (SSSR count). The van der Waals surface area contributed by atoms with Gasteiger partial charge in [-0.1, -0.05) is 0 Å². The van der Waals surface area contributed by atoms with Crippen molar-refractivity contribution in [3.8, 4) is 0 Å². The molecular formula is C9H13N3O8S. The molecule has 11 nitrogen and oxygen atoms in total. The van der Waals surface area contributed by atoms with E-state index in [1.807, 2.05) is 0 Å². The molecule has 118 valence electrons. The van der Waals surface area contributed by atoms with Crippen molar-refractivity contribution < 1.29 is 33.0 Å². The first-order valence-electron chi connectivity index (χ1n) is 5.60. The minimum atomic E-state index is -5.10. The largest absolute Gasteiger partial charge is 0.392 e. The number of hydrogen-bond donors (Lipinski definition) is 5. The Morgan fingerprint density at radius 2 is 2.10 bits per heavy atom. The highest BCUT2D eigenvalue weighted by Gasteiger charge is 2.62. The maximum Gasteiger partial charge on any atom is 0.351 e. The van der Waals surface area contributed by atoms with E-state index in [1.165, 1.54) is 6.07 Å². The average molecular weight is 323 g/mol. The SMILES string of the molecule is Nc1ccn([C@@H]2O[C@@](CO)(S(=O)(=O)O)[C@@H](O)[C@H]2O)c(=O)n1. The smallest absolute Gasteiger partial charge is 0.351 e. The summed E-state index contributed by atoms with van der Waals surface area (Å²) < 4.78 is 37.4. The van der Waals surface area contributed by atoms with Crippen LogP contribution in [0.3, 0.4) is 0 Å². The maximum atomic E-state index is 11.7. The molecule has 0 unspecified atom stereocenters. The molecule has 12 heteroatoms. The van der Waals surface area contributed by atoms with Gasteiger partial charge in [0.2, 0.25) is 4.93 Å². The standard InChI is InChI=1S/C9H13N3O8S/c10-4-1-2-12(8(16)11-4)7-5(14)6(15)9(3-13,20-7)21(17,18)19/h1-2,5-7,13-15H,3H2,(H2,10,11,16)(H,17,18,19)/t5-,6+,7-,9+/m1/s1. The highest BCUT2D eigenvalue weighted by atomic mass is 32.2. The predicted molar refractivity (Wildman–Crippen MR) is 66.4 cm³/mol. The van der Waals surface area contributed by atoms with Gasteiger partial charge in [-0.2, -0.15) is 13.4 Å². The van der Waals surface area contributed by atoms with Crippen molar-refractivity contribution >= 4 is 15.9 Å². The number of nitrogens with two attached hydrogens (primary N) is 1. The highest BCUT2D eigenvalue weighted by Crippen LogP contribution is 2.39. The molecule has 2 heterocycles. The van der Waals surface area contributed by atoms with Crippen molar-refractivity contribution in [2.24, 2.45) is 0 Å². The van der Waals surface area contributed by atoms with Crippen molar-refractivity contribution in [2.45, 2.75) is 23.4 Å². The summed E-state index contributed by atoms with van der Waals surface area (Å²) >= 11 is 0.